The van der Waals surface area contributed by atoms with Gasteiger partial charge in [-0.2, -0.15) is 0 Å². The van der Waals surface area contributed by atoms with Gasteiger partial charge >= 0.3 is 506 Å². The Hall–Kier alpha value is -10.4. The summed E-state index contributed by atoms with van der Waals surface area (Å²) in [4.78, 5) is 12.8. The molecule has 0 amide bonds. The normalized spacial score (nSPS) is 13.1. The number of fused-ring (bicyclic) bond motifs is 17. The molecule has 7 heterocycles. The standard InChI is InChI=1S/C90H55B2N5OTe3/c1-5-26-56(27-6-1)93(57-28-7-2-8-29-57)61-52-77-90-79(53-61)98-78-55-74-67(54-68(78)92(90)65-37-16-18-39-69(65)95(77)59-32-11-4-12-33-59)91-66-38-17-19-40-70(66)96(72-42-24-48-84-87(72)63-35-14-21-45-81(63)100-84)75-50-60(51-76(89(75)91)97(74)73-43-25-49-85-88(73)64-36-15-22-46-82(64)101-85)94(58-30-9-3-10-31-58)71-41-23-47-83-86(71)62-34-13-20-44-80(62)99-83/h1-55H. The molecule has 0 unspecified atom stereocenters. The van der Waals surface area contributed by atoms with Gasteiger partial charge in [0.25, 0.3) is 0 Å². The van der Waals surface area contributed by atoms with Crippen LogP contribution in [0.15, 0.2) is 334 Å². The summed E-state index contributed by atoms with van der Waals surface area (Å²) in [7, 11) is 0. The number of hydrogen-bond donors (Lipinski definition) is 0. The van der Waals surface area contributed by atoms with E-state index in [2.05, 4.69) is 358 Å². The number of ether oxygens (including phenoxy) is 1. The minimum Gasteiger partial charge on any atom is -0.0602 e. The summed E-state index contributed by atoms with van der Waals surface area (Å²) in [6.45, 7) is -0.395. The molecule has 4 aliphatic rings. The van der Waals surface area contributed by atoms with Crippen LogP contribution in [0.4, 0.5) is 85.3 Å². The summed E-state index contributed by atoms with van der Waals surface area (Å²) in [5.41, 5.74) is 24.2. The minimum atomic E-state index is -0.728. The van der Waals surface area contributed by atoms with E-state index in [0.29, 0.717) is 0 Å². The molecule has 4 aliphatic heterocycles. The van der Waals surface area contributed by atoms with Crippen molar-refractivity contribution in [1.82, 2.24) is 0 Å². The van der Waals surface area contributed by atoms with Gasteiger partial charge in [-0.3, -0.25) is 0 Å². The van der Waals surface area contributed by atoms with E-state index in [4.69, 9.17) is 4.74 Å². The Kier molecular flexibility index (Phi) is 13.3. The summed E-state index contributed by atoms with van der Waals surface area (Å²) in [6, 6.07) is 126. The Balaban J connectivity index is 0.868. The average molecular weight is 1630 g/mol. The molecule has 3 aromatic heterocycles. The number of para-hydroxylation sites is 6. The van der Waals surface area contributed by atoms with Crippen LogP contribution in [0.5, 0.6) is 11.5 Å². The van der Waals surface area contributed by atoms with Gasteiger partial charge in [0, 0.05) is 17.1 Å². The van der Waals surface area contributed by atoms with Gasteiger partial charge in [0.05, 0.1) is 0 Å². The molecule has 0 bridgehead atoms. The monoisotopic (exact) mass is 1630 g/mol. The first-order valence-electron chi connectivity index (χ1n) is 34.4. The molecule has 0 radical (unpaired) electrons. The van der Waals surface area contributed by atoms with E-state index in [1.54, 1.807) is 0 Å². The van der Waals surface area contributed by atoms with Gasteiger partial charge in [-0.25, -0.2) is 0 Å². The molecule has 6 nitrogen and oxygen atoms in total. The van der Waals surface area contributed by atoms with Crippen LogP contribution in [0.1, 0.15) is 0 Å². The summed E-state index contributed by atoms with van der Waals surface area (Å²) >= 11 is -2.04. The maximum Gasteiger partial charge on any atom is -0.0380 e. The Bertz CT molecular complexity index is 6420. The van der Waals surface area contributed by atoms with Crippen molar-refractivity contribution in [3.8, 4) is 11.5 Å². The maximum atomic E-state index is 7.96. The number of anilines is 15. The summed E-state index contributed by atoms with van der Waals surface area (Å²) in [6.07, 6.45) is 0. The predicted molar refractivity (Wildman–Crippen MR) is 432 cm³/mol. The van der Waals surface area contributed by atoms with Gasteiger partial charge in [-0.15, -0.1) is 0 Å². The zero-order valence-corrected chi connectivity index (χ0v) is 61.3. The molecule has 0 fully saturated rings. The molecule has 22 rings (SSSR count). The van der Waals surface area contributed by atoms with Crippen molar-refractivity contribution in [2.75, 3.05) is 24.5 Å². The van der Waals surface area contributed by atoms with Crippen molar-refractivity contribution in [3.63, 3.8) is 0 Å². The zero-order valence-electron chi connectivity index (χ0n) is 54.3. The molecule has 18 aromatic rings. The van der Waals surface area contributed by atoms with Crippen molar-refractivity contribution in [2.24, 2.45) is 0 Å². The molecule has 15 aromatic carbocycles. The zero-order chi connectivity index (χ0) is 66.0. The fourth-order valence-corrected chi connectivity index (χ4v) is 26.8. The molecular formula is C90H55B2N5OTe3. The smallest absolute Gasteiger partial charge is 0.0380 e. The first kappa shape index (κ1) is 58.4. The van der Waals surface area contributed by atoms with Crippen LogP contribution >= 0.6 is 0 Å². The number of benzene rings is 15. The number of rotatable bonds is 9. The van der Waals surface area contributed by atoms with Crippen molar-refractivity contribution in [1.29, 1.82) is 0 Å². The molecule has 0 spiro atoms. The molecule has 0 saturated carbocycles. The van der Waals surface area contributed by atoms with Crippen molar-refractivity contribution >= 4 is 246 Å². The molecule has 470 valence electrons. The molecule has 0 saturated heterocycles. The quantitative estimate of drug-likeness (QED) is 0.134. The van der Waals surface area contributed by atoms with Crippen LogP contribution in [0.3, 0.4) is 0 Å². The molecule has 11 heteroatoms. The van der Waals surface area contributed by atoms with Crippen molar-refractivity contribution in [2.45, 2.75) is 0 Å². The van der Waals surface area contributed by atoms with E-state index in [1.807, 2.05) is 0 Å². The first-order valence-corrected chi connectivity index (χ1v) is 41.4. The van der Waals surface area contributed by atoms with E-state index < -0.39 is 61.3 Å². The van der Waals surface area contributed by atoms with Gasteiger partial charge in [0.15, 0.2) is 0 Å². The first-order chi connectivity index (χ1) is 50.1. The van der Waals surface area contributed by atoms with Crippen LogP contribution < -0.4 is 62.0 Å². The largest absolute Gasteiger partial charge is 0.0602 e. The van der Waals surface area contributed by atoms with Crippen molar-refractivity contribution in [3.05, 3.63) is 334 Å². The Morgan fingerprint density at radius 2 is 0.653 bits per heavy atom. The van der Waals surface area contributed by atoms with Gasteiger partial charge in [0.1, 0.15) is 0 Å². The van der Waals surface area contributed by atoms with Crippen LogP contribution in [0, 0.1) is 0 Å². The van der Waals surface area contributed by atoms with E-state index in [1.165, 1.54) is 103 Å². The van der Waals surface area contributed by atoms with E-state index in [9.17, 15) is 0 Å². The maximum absolute atomic E-state index is 7.96. The van der Waals surface area contributed by atoms with E-state index in [-0.39, 0.29) is 13.4 Å². The molecule has 0 aliphatic carbocycles. The van der Waals surface area contributed by atoms with Gasteiger partial charge < -0.3 is 0 Å². The average Bonchev–Trinajstić information content (AvgIpc) is 0.853. The summed E-state index contributed by atoms with van der Waals surface area (Å²) in [5, 5.41) is 8.07. The molecule has 0 N–H and O–H groups in total. The second kappa shape index (κ2) is 23.1. The summed E-state index contributed by atoms with van der Waals surface area (Å²) < 4.78 is 16.8. The topological polar surface area (TPSA) is 25.4 Å². The van der Waals surface area contributed by atoms with Crippen LogP contribution in [-0.4, -0.2) is 74.7 Å². The van der Waals surface area contributed by atoms with Crippen LogP contribution in [-0.2, 0) is 0 Å². The summed E-state index contributed by atoms with van der Waals surface area (Å²) in [5.74, 6) is 1.69. The SMILES string of the molecule is c1ccc(N(c2ccccc2)c2cc3c4c(c2)N(c2ccccc2)c2ccccc2B4c2cc4c(cc2O3)N(c2cccc3[te]c5ccccc5c23)c2cc(N(c3ccccc3)c3cccc5[te]c6ccccc6c35)cc3c2B4c2ccccc2N3c2cccc3[te]c4ccccc4c23)cc1. The molecule has 0 atom stereocenters. The fraction of sp³-hybridized carbons (Fsp3) is 0. The van der Waals surface area contributed by atoms with Crippen molar-refractivity contribution < 1.29 is 4.74 Å². The van der Waals surface area contributed by atoms with Crippen LogP contribution in [0.2, 0.25) is 0 Å². The Labute approximate surface area is 614 Å². The predicted octanol–water partition coefficient (Wildman–Crippen LogP) is 19.2. The third kappa shape index (κ3) is 8.86. The number of nitrogens with zero attached hydrogens (tertiary/aromatic N) is 5. The Morgan fingerprint density at radius 3 is 1.22 bits per heavy atom. The van der Waals surface area contributed by atoms with Gasteiger partial charge in [-0.05, 0) is 36.4 Å². The molecular weight excluding hydrogens is 1570 g/mol. The fourth-order valence-electron chi connectivity index (χ4n) is 17.2. The third-order valence-electron chi connectivity index (χ3n) is 21.2. The molecule has 101 heavy (non-hydrogen) atoms. The second-order valence-corrected chi connectivity index (χ2v) is 35.9. The second-order valence-electron chi connectivity index (χ2n) is 26.6. The number of hydrogen-bond acceptors (Lipinski definition) is 6. The minimum absolute atomic E-state index is 0.192. The third-order valence-corrected chi connectivity index (χ3v) is 30.9. The van der Waals surface area contributed by atoms with E-state index in [0.717, 1.165) is 79.3 Å². The van der Waals surface area contributed by atoms with E-state index >= 15 is 0 Å². The van der Waals surface area contributed by atoms with Gasteiger partial charge in [-0.1, -0.05) is 60.7 Å². The Morgan fingerprint density at radius 1 is 0.248 bits per heavy atom. The van der Waals surface area contributed by atoms with Gasteiger partial charge in [0.2, 0.25) is 0 Å². The van der Waals surface area contributed by atoms with Crippen LogP contribution in [0.25, 0.3) is 52.7 Å².